The van der Waals surface area contributed by atoms with Crippen molar-refractivity contribution in [3.05, 3.63) is 124 Å². The number of non-ortho nitro benzene ring substituents is 1. The zero-order valence-electron chi connectivity index (χ0n) is 36.3. The van der Waals surface area contributed by atoms with E-state index in [2.05, 4.69) is 18.0 Å². The predicted octanol–water partition coefficient (Wildman–Crippen LogP) is 8.80. The Balaban J connectivity index is 1.51. The molecule has 64 heavy (non-hydrogen) atoms. The number of ether oxygens (including phenoxy) is 4. The number of alkyl halides is 1. The summed E-state index contributed by atoms with van der Waals surface area (Å²) in [6.07, 6.45) is 7.45. The van der Waals surface area contributed by atoms with E-state index in [9.17, 15) is 29.9 Å². The third kappa shape index (κ3) is 11.4. The fourth-order valence-corrected chi connectivity index (χ4v) is 9.42. The fourth-order valence-electron chi connectivity index (χ4n) is 9.35. The number of fused-ring (bicyclic) bond motifs is 2. The van der Waals surface area contributed by atoms with Crippen LogP contribution in [0.25, 0.3) is 0 Å². The highest BCUT2D eigenvalue weighted by atomic mass is 35.5. The Morgan fingerprint density at radius 3 is 2.48 bits per heavy atom. The van der Waals surface area contributed by atoms with Crippen LogP contribution in [0, 0.1) is 27.9 Å². The number of hydrogen-bond acceptors (Lipinski definition) is 12. The fraction of sp³-hybridized carbons (Fsp3) is 0.479. The van der Waals surface area contributed by atoms with Gasteiger partial charge in [0.05, 0.1) is 29.0 Å². The number of allylic oxidation sites excluding steroid dienone is 1. The molecule has 1 aliphatic heterocycles. The van der Waals surface area contributed by atoms with E-state index in [0.29, 0.717) is 54.9 Å². The Labute approximate surface area is 379 Å². The van der Waals surface area contributed by atoms with E-state index in [0.717, 1.165) is 29.5 Å². The minimum absolute atomic E-state index is 0.0121. The average molecular weight is 903 g/mol. The zero-order valence-corrected chi connectivity index (χ0v) is 37.0. The quantitative estimate of drug-likeness (QED) is 0.0271. The van der Waals surface area contributed by atoms with Gasteiger partial charge in [-0.2, -0.15) is 0 Å². The highest BCUT2D eigenvalue weighted by Gasteiger charge is 2.65. The van der Waals surface area contributed by atoms with Gasteiger partial charge in [0.15, 0.2) is 0 Å². The first kappa shape index (κ1) is 48.0. The normalized spacial score (nSPS) is 22.5. The second kappa shape index (κ2) is 23.4. The molecular formula is C48H59ClN4O11. The number of nitrogens with one attached hydrogen (secondary N) is 1. The SMILES string of the molecule is C=CCO[C@@]12Oc3ccc(OC(=O)NCc4ccccc4)cc3[C@H]3[C@H](CCCCO)[C@@H](CCCCO)C=C(C(=NOCc4ccc([N+](=O)[O-])cc4)C[C@@H]1N(CCC)C(=O)OCCCl)[C@H]32. The van der Waals surface area contributed by atoms with E-state index in [1.165, 1.54) is 12.1 Å². The van der Waals surface area contributed by atoms with Gasteiger partial charge in [0.1, 0.15) is 30.8 Å². The summed E-state index contributed by atoms with van der Waals surface area (Å²) in [7, 11) is 0. The minimum atomic E-state index is -1.52. The first-order chi connectivity index (χ1) is 31.2. The lowest BCUT2D eigenvalue weighted by atomic mass is 9.55. The van der Waals surface area contributed by atoms with Crippen molar-refractivity contribution in [2.75, 3.05) is 38.9 Å². The summed E-state index contributed by atoms with van der Waals surface area (Å²) in [5, 5.41) is 38.8. The van der Waals surface area contributed by atoms with Crippen molar-refractivity contribution in [3.63, 3.8) is 0 Å². The van der Waals surface area contributed by atoms with Gasteiger partial charge in [-0.05, 0) is 91.0 Å². The van der Waals surface area contributed by atoms with Gasteiger partial charge >= 0.3 is 12.2 Å². The molecule has 1 heterocycles. The Morgan fingerprint density at radius 1 is 1.05 bits per heavy atom. The molecule has 3 aromatic rings. The molecule has 1 saturated carbocycles. The van der Waals surface area contributed by atoms with E-state index < -0.39 is 34.9 Å². The summed E-state index contributed by atoms with van der Waals surface area (Å²) in [5.41, 5.74) is 3.69. The number of carbonyl (C=O) groups excluding carboxylic acids is 2. The molecule has 0 radical (unpaired) electrons. The van der Waals surface area contributed by atoms with Crippen molar-refractivity contribution in [2.45, 2.75) is 89.2 Å². The second-order valence-electron chi connectivity index (χ2n) is 16.2. The van der Waals surface area contributed by atoms with Gasteiger partial charge in [0, 0.05) is 56.3 Å². The number of oxime groups is 1. The van der Waals surface area contributed by atoms with E-state index in [4.69, 9.17) is 40.5 Å². The molecule has 3 N–H and O–H groups in total. The Bertz CT molecular complexity index is 2100. The van der Waals surface area contributed by atoms with E-state index >= 15 is 0 Å². The van der Waals surface area contributed by atoms with E-state index in [1.54, 1.807) is 35.2 Å². The van der Waals surface area contributed by atoms with Crippen molar-refractivity contribution >= 4 is 35.2 Å². The van der Waals surface area contributed by atoms with Crippen molar-refractivity contribution < 1.29 is 48.5 Å². The highest BCUT2D eigenvalue weighted by molar-refractivity contribution is 6.18. The maximum Gasteiger partial charge on any atom is 0.412 e. The Kier molecular flexibility index (Phi) is 17.6. The molecule has 6 rings (SSSR count). The van der Waals surface area contributed by atoms with Gasteiger partial charge < -0.3 is 39.3 Å². The molecule has 3 aromatic carbocycles. The lowest BCUT2D eigenvalue weighted by Crippen LogP contribution is -2.70. The molecule has 0 spiro atoms. The maximum absolute atomic E-state index is 14.2. The summed E-state index contributed by atoms with van der Waals surface area (Å²) in [4.78, 5) is 46.0. The summed E-state index contributed by atoms with van der Waals surface area (Å²) in [6, 6.07) is 20.0. The maximum atomic E-state index is 14.2. The minimum Gasteiger partial charge on any atom is -0.459 e. The van der Waals surface area contributed by atoms with Crippen LogP contribution < -0.4 is 14.8 Å². The van der Waals surface area contributed by atoms with Crippen LogP contribution in [-0.2, 0) is 27.5 Å². The van der Waals surface area contributed by atoms with Crippen LogP contribution in [0.15, 0.2) is 102 Å². The van der Waals surface area contributed by atoms with E-state index in [1.807, 2.05) is 43.3 Å². The van der Waals surface area contributed by atoms with Crippen LogP contribution in [0.3, 0.4) is 0 Å². The van der Waals surface area contributed by atoms with Crippen molar-refractivity contribution in [1.82, 2.24) is 10.2 Å². The zero-order chi connectivity index (χ0) is 45.5. The second-order valence-corrected chi connectivity index (χ2v) is 16.6. The lowest BCUT2D eigenvalue weighted by Gasteiger charge is -2.59. The summed E-state index contributed by atoms with van der Waals surface area (Å²) >= 11 is 6.02. The van der Waals surface area contributed by atoms with Crippen LogP contribution >= 0.6 is 11.6 Å². The van der Waals surface area contributed by atoms with Crippen molar-refractivity contribution in [2.24, 2.45) is 22.9 Å². The van der Waals surface area contributed by atoms with Gasteiger partial charge in [0.2, 0.25) is 5.79 Å². The number of halogens is 1. The lowest BCUT2D eigenvalue weighted by molar-refractivity contribution is -0.384. The van der Waals surface area contributed by atoms with Crippen LogP contribution in [0.4, 0.5) is 15.3 Å². The number of nitro benzene ring substituents is 1. The first-order valence-electron chi connectivity index (χ1n) is 22.1. The molecular weight excluding hydrogens is 844 g/mol. The molecule has 0 bridgehead atoms. The number of unbranched alkanes of at least 4 members (excludes halogenated alkanes) is 2. The average Bonchev–Trinajstić information content (AvgIpc) is 3.30. The Morgan fingerprint density at radius 2 is 1.80 bits per heavy atom. The molecule has 15 nitrogen and oxygen atoms in total. The van der Waals surface area contributed by atoms with Gasteiger partial charge in [-0.3, -0.25) is 15.0 Å². The topological polar surface area (TPSA) is 192 Å². The monoisotopic (exact) mass is 902 g/mol. The molecule has 6 atom stereocenters. The molecule has 0 unspecified atom stereocenters. The van der Waals surface area contributed by atoms with E-state index in [-0.39, 0.29) is 81.9 Å². The molecule has 2 aliphatic carbocycles. The third-order valence-corrected chi connectivity index (χ3v) is 12.2. The van der Waals surface area contributed by atoms with Crippen LogP contribution in [-0.4, -0.2) is 88.6 Å². The molecule has 0 aromatic heterocycles. The standard InChI is InChI=1S/C48H59ClN4O11/c1-3-23-52(47(57)60-27-22-49)43-30-41(51-62-32-34-16-18-36(19-17-34)53(58)59)39-28-35(14-8-10-24-54)38(15-9-11-25-55)44-40-29-37(63-46(56)50-31-33-12-6-5-7-13-33)20-21-42(40)64-48(43,45(39)44)61-26-4-2/h4-7,12-13,16-21,28-29,35,38,43-45,54-55H,2-3,8-11,14-15,22-27,30-32H2,1H3,(H,50,56)/t35-,38+,43-,44+,45+,48+/m0/s1. The number of nitro groups is 1. The van der Waals surface area contributed by atoms with Crippen LogP contribution in [0.2, 0.25) is 0 Å². The number of carbonyl (C=O) groups is 2. The number of nitrogens with zero attached hydrogens (tertiary/aromatic N) is 3. The molecule has 16 heteroatoms. The van der Waals surface area contributed by atoms with Gasteiger partial charge in [-0.25, -0.2) is 9.59 Å². The predicted molar refractivity (Wildman–Crippen MR) is 241 cm³/mol. The smallest absolute Gasteiger partial charge is 0.412 e. The third-order valence-electron chi connectivity index (χ3n) is 12.1. The molecule has 2 amide bonds. The molecule has 344 valence electrons. The summed E-state index contributed by atoms with van der Waals surface area (Å²) in [5.74, 6) is -1.72. The largest absolute Gasteiger partial charge is 0.459 e. The number of benzene rings is 3. The number of aliphatic hydroxyl groups is 2. The summed E-state index contributed by atoms with van der Waals surface area (Å²) in [6.45, 7) is 6.63. The van der Waals surface area contributed by atoms with Gasteiger partial charge in [-0.1, -0.05) is 67.4 Å². The number of aliphatic hydroxyl groups excluding tert-OH is 2. The highest BCUT2D eigenvalue weighted by Crippen LogP contribution is 2.62. The number of rotatable bonds is 23. The number of hydrogen-bond donors (Lipinski definition) is 3. The summed E-state index contributed by atoms with van der Waals surface area (Å²) < 4.78 is 25.8. The van der Waals surface area contributed by atoms with Crippen molar-refractivity contribution in [1.29, 1.82) is 0 Å². The van der Waals surface area contributed by atoms with Crippen LogP contribution in [0.1, 0.15) is 80.9 Å². The Hall–Kier alpha value is -5.48. The first-order valence-corrected chi connectivity index (χ1v) is 22.6. The molecule has 0 saturated heterocycles. The molecule has 3 aliphatic rings. The molecule has 1 fully saturated rings. The van der Waals surface area contributed by atoms with Gasteiger partial charge in [0.25, 0.3) is 5.69 Å². The van der Waals surface area contributed by atoms with Gasteiger partial charge in [-0.15, -0.1) is 18.2 Å². The number of amides is 2. The van der Waals surface area contributed by atoms with Crippen molar-refractivity contribution in [3.8, 4) is 11.5 Å². The van der Waals surface area contributed by atoms with Crippen LogP contribution in [0.5, 0.6) is 11.5 Å².